The van der Waals surface area contributed by atoms with Gasteiger partial charge in [0.25, 0.3) is 0 Å². The van der Waals surface area contributed by atoms with Crippen molar-refractivity contribution in [3.8, 4) is 11.1 Å². The van der Waals surface area contributed by atoms with Crippen molar-refractivity contribution in [1.82, 2.24) is 15.0 Å². The van der Waals surface area contributed by atoms with Gasteiger partial charge >= 0.3 is 5.97 Å². The van der Waals surface area contributed by atoms with Gasteiger partial charge in [-0.2, -0.15) is 0 Å². The van der Waals surface area contributed by atoms with E-state index in [0.717, 1.165) is 28.7 Å². The summed E-state index contributed by atoms with van der Waals surface area (Å²) in [7, 11) is 0. The molecule has 5 N–H and O–H groups in total. The van der Waals surface area contributed by atoms with Crippen molar-refractivity contribution in [2.24, 2.45) is 16.3 Å². The summed E-state index contributed by atoms with van der Waals surface area (Å²) in [6.45, 7) is 9.42. The average molecular weight is 463 g/mol. The van der Waals surface area contributed by atoms with E-state index >= 15 is 0 Å². The van der Waals surface area contributed by atoms with Crippen molar-refractivity contribution in [2.45, 2.75) is 45.8 Å². The minimum absolute atomic E-state index is 0.0156. The van der Waals surface area contributed by atoms with Crippen LogP contribution in [0.2, 0.25) is 0 Å². The van der Waals surface area contributed by atoms with E-state index in [0.29, 0.717) is 24.5 Å². The minimum Gasteiger partial charge on any atom is -0.477 e. The summed E-state index contributed by atoms with van der Waals surface area (Å²) in [5.41, 5.74) is 5.76. The second-order valence-corrected chi connectivity index (χ2v) is 8.47. The van der Waals surface area contributed by atoms with Crippen LogP contribution in [0.4, 0.5) is 0 Å². The van der Waals surface area contributed by atoms with E-state index in [1.807, 2.05) is 55.5 Å². The quantitative estimate of drug-likeness (QED) is 0.202. The molecule has 9 nitrogen and oxygen atoms in total. The first-order valence-electron chi connectivity index (χ1n) is 11.0. The maximum atomic E-state index is 12.1. The highest BCUT2D eigenvalue weighted by Gasteiger charge is 2.31. The van der Waals surface area contributed by atoms with Gasteiger partial charge in [0.2, 0.25) is 0 Å². The lowest BCUT2D eigenvalue weighted by molar-refractivity contribution is 0.0602. The molecule has 1 heterocycles. The summed E-state index contributed by atoms with van der Waals surface area (Å²) >= 11 is 0. The number of hydrogen-bond acceptors (Lipinski definition) is 5. The zero-order chi connectivity index (χ0) is 24.9. The molecule has 0 radical (unpaired) electrons. The first-order valence-corrected chi connectivity index (χ1v) is 11.0. The largest absolute Gasteiger partial charge is 0.477 e. The number of carboxylic acid groups (broad SMARTS) is 1. The zero-order valence-corrected chi connectivity index (χ0v) is 19.6. The number of imidazole rings is 1. The molecule has 34 heavy (non-hydrogen) atoms. The zero-order valence-electron chi connectivity index (χ0n) is 19.6. The van der Waals surface area contributed by atoms with Crippen LogP contribution in [0.3, 0.4) is 0 Å². The van der Waals surface area contributed by atoms with Gasteiger partial charge in [-0.1, -0.05) is 72.5 Å². The van der Waals surface area contributed by atoms with E-state index in [1.165, 1.54) is 0 Å². The first-order chi connectivity index (χ1) is 16.2. The van der Waals surface area contributed by atoms with Gasteiger partial charge in [0.15, 0.2) is 5.69 Å². The maximum Gasteiger partial charge on any atom is 0.354 e. The number of aromatic carboxylic acids is 1. The molecule has 0 bridgehead atoms. The number of aryl methyl sites for hydroxylation is 1. The number of carboxylic acids is 1. The molecule has 0 atom stereocenters. The molecule has 0 amide bonds. The van der Waals surface area contributed by atoms with Crippen LogP contribution in [0.5, 0.6) is 0 Å². The number of carbonyl (C=O) groups is 1. The summed E-state index contributed by atoms with van der Waals surface area (Å²) in [5.74, 6) is 4.59. The van der Waals surface area contributed by atoms with Gasteiger partial charge in [-0.3, -0.25) is 5.43 Å². The Morgan fingerprint density at radius 1 is 1.21 bits per heavy atom. The summed E-state index contributed by atoms with van der Waals surface area (Å²) in [6.07, 6.45) is 1.41. The smallest absolute Gasteiger partial charge is 0.354 e. The van der Waals surface area contributed by atoms with Gasteiger partial charge < -0.3 is 20.6 Å². The van der Waals surface area contributed by atoms with Gasteiger partial charge in [-0.05, 0) is 37.0 Å². The Kier molecular flexibility index (Phi) is 7.47. The highest BCUT2D eigenvalue weighted by Crippen LogP contribution is 2.29. The molecule has 0 unspecified atom stereocenters. The molecular formula is C25H30N6O3. The third-order valence-corrected chi connectivity index (χ3v) is 5.40. The van der Waals surface area contributed by atoms with E-state index < -0.39 is 11.6 Å². The topological polar surface area (TPSA) is 138 Å². The Morgan fingerprint density at radius 2 is 1.88 bits per heavy atom. The molecule has 3 aromatic rings. The number of aliphatic hydroxyl groups is 1. The van der Waals surface area contributed by atoms with Crippen LogP contribution in [-0.2, 0) is 18.6 Å². The fourth-order valence-corrected chi connectivity index (χ4v) is 3.85. The number of hydrogen-bond donors (Lipinski definition) is 4. The predicted octanol–water partition coefficient (Wildman–Crippen LogP) is 4.28. The van der Waals surface area contributed by atoms with Crippen LogP contribution >= 0.6 is 0 Å². The number of nitrogens with one attached hydrogen (secondary N) is 1. The Morgan fingerprint density at radius 3 is 2.47 bits per heavy atom. The molecule has 0 aliphatic heterocycles. The Bertz CT molecular complexity index is 1210. The van der Waals surface area contributed by atoms with Crippen LogP contribution in [0.25, 0.3) is 16.8 Å². The maximum absolute atomic E-state index is 12.1. The number of rotatable bonds is 10. The van der Waals surface area contributed by atoms with Crippen molar-refractivity contribution in [3.63, 3.8) is 0 Å². The van der Waals surface area contributed by atoms with Crippen LogP contribution in [0.15, 0.2) is 65.6 Å². The molecule has 0 aliphatic carbocycles. The molecule has 0 spiro atoms. The Balaban J connectivity index is 1.97. The van der Waals surface area contributed by atoms with Gasteiger partial charge in [-0.25, -0.2) is 9.78 Å². The third-order valence-electron chi connectivity index (χ3n) is 5.40. The highest BCUT2D eigenvalue weighted by atomic mass is 16.4. The molecule has 178 valence electrons. The van der Waals surface area contributed by atoms with Crippen LogP contribution in [0, 0.1) is 0 Å². The lowest BCUT2D eigenvalue weighted by Crippen LogP contribution is -2.22. The van der Waals surface area contributed by atoms with Gasteiger partial charge in [0, 0.05) is 18.5 Å². The standard InChI is InChI=1S/C25H30N6O3/c1-5-8-21-27-23(25(3,4)34)22(24(32)33)31(21)15-17-11-13-18(14-12-17)20-10-7-6-9-19(20)16(2)28-30-29-26/h6-7,9-14,34H,2,5,8,15H2,1,3-4H3,(H2,26,30)(H,28,29)(H,32,33). The average Bonchev–Trinajstić information content (AvgIpc) is 3.17. The molecule has 3 rings (SSSR count). The SMILES string of the molecule is C=C(N/N=N\N)c1ccccc1-c1ccc(Cn2c(CCC)nc(C(C)(C)O)c2C(=O)O)cc1. The van der Waals surface area contributed by atoms with E-state index in [2.05, 4.69) is 27.4 Å². The third kappa shape index (κ3) is 5.32. The second kappa shape index (κ2) is 10.3. The van der Waals surface area contributed by atoms with Crippen LogP contribution in [0.1, 0.15) is 60.3 Å². The van der Waals surface area contributed by atoms with Crippen LogP contribution in [-0.4, -0.2) is 25.7 Å². The van der Waals surface area contributed by atoms with Gasteiger partial charge in [0.05, 0.1) is 5.70 Å². The summed E-state index contributed by atoms with van der Waals surface area (Å²) in [4.78, 5) is 16.6. The van der Waals surface area contributed by atoms with Crippen molar-refractivity contribution in [1.29, 1.82) is 0 Å². The van der Waals surface area contributed by atoms with Crippen molar-refractivity contribution in [3.05, 3.63) is 83.4 Å². The summed E-state index contributed by atoms with van der Waals surface area (Å²) < 4.78 is 1.69. The Labute approximate surface area is 198 Å². The summed E-state index contributed by atoms with van der Waals surface area (Å²) in [5, 5.41) is 27.2. The molecular weight excluding hydrogens is 432 g/mol. The fourth-order valence-electron chi connectivity index (χ4n) is 3.85. The van der Waals surface area contributed by atoms with Crippen molar-refractivity contribution >= 4 is 11.7 Å². The van der Waals surface area contributed by atoms with Crippen molar-refractivity contribution in [2.75, 3.05) is 0 Å². The van der Waals surface area contributed by atoms with Crippen molar-refractivity contribution < 1.29 is 15.0 Å². The van der Waals surface area contributed by atoms with Crippen LogP contribution < -0.4 is 11.3 Å². The highest BCUT2D eigenvalue weighted by molar-refractivity contribution is 5.87. The lowest BCUT2D eigenvalue weighted by atomic mass is 9.97. The molecule has 0 fully saturated rings. The number of nitrogens with zero attached hydrogens (tertiary/aromatic N) is 4. The number of nitrogens with two attached hydrogens (primary N) is 1. The fraction of sp³-hybridized carbons (Fsp3) is 0.280. The van der Waals surface area contributed by atoms with E-state index in [4.69, 9.17) is 5.84 Å². The molecule has 0 saturated heterocycles. The second-order valence-electron chi connectivity index (χ2n) is 8.47. The first kappa shape index (κ1) is 24.7. The molecule has 0 saturated carbocycles. The number of aromatic nitrogens is 2. The summed E-state index contributed by atoms with van der Waals surface area (Å²) in [6, 6.07) is 15.6. The normalized spacial score (nSPS) is 11.6. The molecule has 0 aliphatic rings. The van der Waals surface area contributed by atoms with E-state index in [9.17, 15) is 15.0 Å². The lowest BCUT2D eigenvalue weighted by Gasteiger charge is -2.16. The predicted molar refractivity (Wildman–Crippen MR) is 131 cm³/mol. The molecule has 1 aromatic heterocycles. The minimum atomic E-state index is -1.37. The van der Waals surface area contributed by atoms with E-state index in [1.54, 1.807) is 18.4 Å². The van der Waals surface area contributed by atoms with Gasteiger partial charge in [-0.15, -0.1) is 0 Å². The number of benzene rings is 2. The molecule has 9 heteroatoms. The van der Waals surface area contributed by atoms with E-state index in [-0.39, 0.29) is 11.4 Å². The Hall–Kier alpha value is -3.98. The monoisotopic (exact) mass is 462 g/mol. The van der Waals surface area contributed by atoms with Gasteiger partial charge in [0.1, 0.15) is 17.1 Å². The molecule has 2 aromatic carbocycles.